The Bertz CT molecular complexity index is 632. The number of ether oxygens (including phenoxy) is 1. The van der Waals surface area contributed by atoms with E-state index in [1.165, 1.54) is 12.1 Å². The molecule has 0 saturated heterocycles. The van der Waals surface area contributed by atoms with Crippen LogP contribution in [0.25, 0.3) is 0 Å². The Labute approximate surface area is 141 Å². The number of hydrogen-bond donors (Lipinski definition) is 1. The fourth-order valence-corrected chi connectivity index (χ4v) is 2.56. The zero-order chi connectivity index (χ0) is 15.4. The summed E-state index contributed by atoms with van der Waals surface area (Å²) in [7, 11) is 0. The van der Waals surface area contributed by atoms with E-state index in [9.17, 15) is 4.39 Å². The first-order chi connectivity index (χ1) is 9.95. The maximum absolute atomic E-state index is 13.3. The van der Waals surface area contributed by atoms with Crippen molar-refractivity contribution >= 4 is 31.9 Å². The normalized spacial score (nSPS) is 11.0. The molecule has 0 radical (unpaired) electrons. The lowest BCUT2D eigenvalue weighted by Crippen LogP contribution is -2.21. The molecule has 2 nitrogen and oxygen atoms in total. The van der Waals surface area contributed by atoms with Gasteiger partial charge in [-0.1, -0.05) is 35.8 Å². The molecule has 0 saturated carbocycles. The molecule has 0 aromatic heterocycles. The summed E-state index contributed by atoms with van der Waals surface area (Å²) in [4.78, 5) is 0. The number of nitrogens with one attached hydrogen (secondary N) is 1. The third-order valence-electron chi connectivity index (χ3n) is 2.85. The Kier molecular flexibility index (Phi) is 5.79. The van der Waals surface area contributed by atoms with Crippen LogP contribution in [0.4, 0.5) is 4.39 Å². The number of rotatable bonds is 5. The minimum absolute atomic E-state index is 0.329. The smallest absolute Gasteiger partial charge is 0.144 e. The van der Waals surface area contributed by atoms with Crippen molar-refractivity contribution in [1.82, 2.24) is 5.32 Å². The molecule has 0 unspecified atom stereocenters. The highest BCUT2D eigenvalue weighted by molar-refractivity contribution is 9.10. The molecule has 0 amide bonds. The summed E-state index contributed by atoms with van der Waals surface area (Å²) in [5.41, 5.74) is 1.15. The fourth-order valence-electron chi connectivity index (χ4n) is 1.73. The first-order valence-corrected chi connectivity index (χ1v) is 8.19. The van der Waals surface area contributed by atoms with Crippen molar-refractivity contribution in [3.05, 3.63) is 56.7 Å². The Balaban J connectivity index is 2.14. The van der Waals surface area contributed by atoms with Crippen LogP contribution in [0.15, 0.2) is 45.3 Å². The van der Waals surface area contributed by atoms with Gasteiger partial charge in [0.25, 0.3) is 0 Å². The molecular weight excluding hydrogens is 401 g/mol. The second kappa shape index (κ2) is 7.38. The van der Waals surface area contributed by atoms with Crippen LogP contribution in [0.3, 0.4) is 0 Å². The van der Waals surface area contributed by atoms with Gasteiger partial charge < -0.3 is 10.1 Å². The van der Waals surface area contributed by atoms with Crippen LogP contribution in [-0.4, -0.2) is 6.04 Å². The fraction of sp³-hybridized carbons (Fsp3) is 0.250. The Morgan fingerprint density at radius 1 is 1.10 bits per heavy atom. The summed E-state index contributed by atoms with van der Waals surface area (Å²) in [5, 5.41) is 3.36. The van der Waals surface area contributed by atoms with Gasteiger partial charge in [-0.25, -0.2) is 4.39 Å². The van der Waals surface area contributed by atoms with E-state index in [1.807, 2.05) is 18.2 Å². The minimum Gasteiger partial charge on any atom is -0.456 e. The van der Waals surface area contributed by atoms with Crippen molar-refractivity contribution in [3.63, 3.8) is 0 Å². The molecule has 0 fully saturated rings. The highest BCUT2D eigenvalue weighted by Crippen LogP contribution is 2.32. The molecule has 112 valence electrons. The Morgan fingerprint density at radius 3 is 2.52 bits per heavy atom. The zero-order valence-corrected chi connectivity index (χ0v) is 15.0. The van der Waals surface area contributed by atoms with Crippen molar-refractivity contribution in [3.8, 4) is 11.5 Å². The van der Waals surface area contributed by atoms with Crippen LogP contribution in [0.2, 0.25) is 0 Å². The lowest BCUT2D eigenvalue weighted by atomic mass is 10.2. The topological polar surface area (TPSA) is 21.3 Å². The summed E-state index contributed by atoms with van der Waals surface area (Å²) >= 11 is 6.89. The van der Waals surface area contributed by atoms with Gasteiger partial charge >= 0.3 is 0 Å². The highest BCUT2D eigenvalue weighted by Gasteiger charge is 2.07. The monoisotopic (exact) mass is 415 g/mol. The summed E-state index contributed by atoms with van der Waals surface area (Å²) in [6.07, 6.45) is 0. The average Bonchev–Trinajstić information content (AvgIpc) is 2.42. The second-order valence-electron chi connectivity index (χ2n) is 4.97. The van der Waals surface area contributed by atoms with Crippen LogP contribution >= 0.6 is 31.9 Å². The molecule has 2 rings (SSSR count). The first-order valence-electron chi connectivity index (χ1n) is 6.60. The quantitative estimate of drug-likeness (QED) is 0.680. The van der Waals surface area contributed by atoms with Gasteiger partial charge in [-0.15, -0.1) is 0 Å². The second-order valence-corrected chi connectivity index (χ2v) is 6.67. The minimum atomic E-state index is -0.329. The predicted molar refractivity (Wildman–Crippen MR) is 90.3 cm³/mol. The zero-order valence-electron chi connectivity index (χ0n) is 11.8. The van der Waals surface area contributed by atoms with E-state index >= 15 is 0 Å². The van der Waals surface area contributed by atoms with Crippen molar-refractivity contribution in [2.24, 2.45) is 0 Å². The summed E-state index contributed by atoms with van der Waals surface area (Å²) in [6, 6.07) is 10.5. The lowest BCUT2D eigenvalue weighted by Gasteiger charge is -2.12. The van der Waals surface area contributed by atoms with Crippen molar-refractivity contribution in [1.29, 1.82) is 0 Å². The van der Waals surface area contributed by atoms with E-state index in [0.717, 1.165) is 16.6 Å². The molecule has 2 aromatic carbocycles. The SMILES string of the molecule is CC(C)NCc1ccc(Oc2cc(F)ccc2Br)cc1Br. The predicted octanol–water partition coefficient (Wildman–Crippen LogP) is 5.64. The molecule has 1 N–H and O–H groups in total. The summed E-state index contributed by atoms with van der Waals surface area (Å²) in [5.74, 6) is 0.779. The lowest BCUT2D eigenvalue weighted by molar-refractivity contribution is 0.473. The molecule has 0 atom stereocenters. The molecule has 2 aromatic rings. The number of benzene rings is 2. The molecule has 0 bridgehead atoms. The van der Waals surface area contributed by atoms with Crippen LogP contribution < -0.4 is 10.1 Å². The van der Waals surface area contributed by atoms with Gasteiger partial charge in [0, 0.05) is 23.1 Å². The van der Waals surface area contributed by atoms with Crippen molar-refractivity contribution in [2.45, 2.75) is 26.4 Å². The molecule has 21 heavy (non-hydrogen) atoms. The highest BCUT2D eigenvalue weighted by atomic mass is 79.9. The van der Waals surface area contributed by atoms with Gasteiger partial charge in [-0.2, -0.15) is 0 Å². The molecule has 0 aliphatic rings. The van der Waals surface area contributed by atoms with Gasteiger partial charge in [-0.05, 0) is 45.8 Å². The van der Waals surface area contributed by atoms with Gasteiger partial charge in [0.1, 0.15) is 17.3 Å². The summed E-state index contributed by atoms with van der Waals surface area (Å²) < 4.78 is 20.6. The summed E-state index contributed by atoms with van der Waals surface area (Å²) in [6.45, 7) is 4.99. The van der Waals surface area contributed by atoms with Crippen LogP contribution in [0, 0.1) is 5.82 Å². The molecule has 0 aliphatic carbocycles. The van der Waals surface area contributed by atoms with E-state index in [-0.39, 0.29) is 5.82 Å². The first kappa shape index (κ1) is 16.5. The van der Waals surface area contributed by atoms with E-state index in [2.05, 4.69) is 51.0 Å². The Hall–Kier alpha value is -0.910. The molecule has 5 heteroatoms. The van der Waals surface area contributed by atoms with Gasteiger partial charge in [0.15, 0.2) is 0 Å². The third-order valence-corrected chi connectivity index (χ3v) is 4.24. The van der Waals surface area contributed by atoms with Crippen molar-refractivity contribution < 1.29 is 9.13 Å². The molecular formula is C16H16Br2FNO. The third kappa shape index (κ3) is 4.80. The maximum atomic E-state index is 13.3. The number of hydrogen-bond acceptors (Lipinski definition) is 2. The van der Waals surface area contributed by atoms with E-state index in [1.54, 1.807) is 6.07 Å². The Morgan fingerprint density at radius 2 is 1.86 bits per heavy atom. The molecule has 0 aliphatic heterocycles. The number of halogens is 3. The van der Waals surface area contributed by atoms with Crippen LogP contribution in [-0.2, 0) is 6.54 Å². The van der Waals surface area contributed by atoms with E-state index in [4.69, 9.17) is 4.74 Å². The molecule has 0 heterocycles. The van der Waals surface area contributed by atoms with E-state index < -0.39 is 0 Å². The average molecular weight is 417 g/mol. The van der Waals surface area contributed by atoms with E-state index in [0.29, 0.717) is 22.0 Å². The largest absolute Gasteiger partial charge is 0.456 e. The maximum Gasteiger partial charge on any atom is 0.144 e. The van der Waals surface area contributed by atoms with Gasteiger partial charge in [0.2, 0.25) is 0 Å². The van der Waals surface area contributed by atoms with Crippen LogP contribution in [0.5, 0.6) is 11.5 Å². The van der Waals surface area contributed by atoms with Crippen LogP contribution in [0.1, 0.15) is 19.4 Å². The van der Waals surface area contributed by atoms with Gasteiger partial charge in [-0.3, -0.25) is 0 Å². The standard InChI is InChI=1S/C16H16Br2FNO/c1-10(2)20-9-11-3-5-13(8-15(11)18)21-16-7-12(19)4-6-14(16)17/h3-8,10,20H,9H2,1-2H3. The van der Waals surface area contributed by atoms with Crippen molar-refractivity contribution in [2.75, 3.05) is 0 Å². The molecule has 0 spiro atoms. The van der Waals surface area contributed by atoms with Gasteiger partial charge in [0.05, 0.1) is 4.47 Å².